The third-order valence-corrected chi connectivity index (χ3v) is 4.51. The highest BCUT2D eigenvalue weighted by Gasteiger charge is 2.13. The number of likely N-dealkylation sites (tertiary alicyclic amines) is 1. The SMILES string of the molecule is C[C@@H](O)c1ccc(N(C)CCN2CCCC2)cc1Br. The normalized spacial score (nSPS) is 17.7. The first-order chi connectivity index (χ1) is 9.08. The summed E-state index contributed by atoms with van der Waals surface area (Å²) in [6, 6.07) is 6.17. The maximum atomic E-state index is 9.63. The molecule has 0 saturated carbocycles. The Kier molecular flexibility index (Phi) is 5.25. The summed E-state index contributed by atoms with van der Waals surface area (Å²) in [6.45, 7) is 6.46. The Bertz CT molecular complexity index is 417. The lowest BCUT2D eigenvalue weighted by Crippen LogP contribution is -2.31. The van der Waals surface area contributed by atoms with Gasteiger partial charge in [0.2, 0.25) is 0 Å². The highest BCUT2D eigenvalue weighted by atomic mass is 79.9. The van der Waals surface area contributed by atoms with E-state index in [0.717, 1.165) is 23.1 Å². The van der Waals surface area contributed by atoms with E-state index >= 15 is 0 Å². The van der Waals surface area contributed by atoms with E-state index in [-0.39, 0.29) is 0 Å². The molecule has 1 aliphatic heterocycles. The van der Waals surface area contributed by atoms with Crippen molar-refractivity contribution < 1.29 is 5.11 Å². The molecule has 1 aromatic carbocycles. The molecule has 1 aromatic rings. The molecule has 0 bridgehead atoms. The number of rotatable bonds is 5. The van der Waals surface area contributed by atoms with Crippen molar-refractivity contribution in [2.24, 2.45) is 0 Å². The molecule has 2 rings (SSSR count). The van der Waals surface area contributed by atoms with Crippen molar-refractivity contribution in [3.05, 3.63) is 28.2 Å². The number of anilines is 1. The summed E-state index contributed by atoms with van der Waals surface area (Å²) in [4.78, 5) is 4.80. The standard InChI is InChI=1S/C15H23BrN2O/c1-12(19)14-6-5-13(11-15(14)16)17(2)9-10-18-7-3-4-8-18/h5-6,11-12,19H,3-4,7-10H2,1-2H3/t12-/m1/s1. The molecule has 19 heavy (non-hydrogen) atoms. The second-order valence-electron chi connectivity index (χ2n) is 5.35. The van der Waals surface area contributed by atoms with Crippen molar-refractivity contribution in [3.63, 3.8) is 0 Å². The molecule has 0 radical (unpaired) electrons. The number of likely N-dealkylation sites (N-methyl/N-ethyl adjacent to an activating group) is 1. The summed E-state index contributed by atoms with van der Waals surface area (Å²) in [6.07, 6.45) is 2.26. The molecule has 1 heterocycles. The molecule has 0 amide bonds. The summed E-state index contributed by atoms with van der Waals surface area (Å²) < 4.78 is 0.980. The predicted octanol–water partition coefficient (Wildman–Crippen LogP) is 3.03. The van der Waals surface area contributed by atoms with Crippen LogP contribution in [0.1, 0.15) is 31.4 Å². The summed E-state index contributed by atoms with van der Waals surface area (Å²) in [5.74, 6) is 0. The molecular formula is C15H23BrN2O. The summed E-state index contributed by atoms with van der Waals surface area (Å²) in [5, 5.41) is 9.63. The molecule has 0 aromatic heterocycles. The average molecular weight is 327 g/mol. The van der Waals surface area contributed by atoms with Gasteiger partial charge in [0, 0.05) is 30.3 Å². The van der Waals surface area contributed by atoms with Gasteiger partial charge >= 0.3 is 0 Å². The minimum Gasteiger partial charge on any atom is -0.389 e. The number of benzene rings is 1. The first kappa shape index (κ1) is 14.8. The van der Waals surface area contributed by atoms with E-state index in [1.165, 1.54) is 31.6 Å². The van der Waals surface area contributed by atoms with Crippen molar-refractivity contribution in [3.8, 4) is 0 Å². The van der Waals surface area contributed by atoms with E-state index in [1.54, 1.807) is 6.92 Å². The van der Waals surface area contributed by atoms with E-state index in [0.29, 0.717) is 0 Å². The van der Waals surface area contributed by atoms with Crippen molar-refractivity contribution >= 4 is 21.6 Å². The third-order valence-electron chi connectivity index (χ3n) is 3.83. The molecular weight excluding hydrogens is 304 g/mol. The first-order valence-electron chi connectivity index (χ1n) is 6.99. The van der Waals surface area contributed by atoms with Gasteiger partial charge in [-0.1, -0.05) is 22.0 Å². The van der Waals surface area contributed by atoms with Gasteiger partial charge < -0.3 is 14.9 Å². The van der Waals surface area contributed by atoms with Gasteiger partial charge in [-0.25, -0.2) is 0 Å². The summed E-state index contributed by atoms with van der Waals surface area (Å²) >= 11 is 3.54. The number of hydrogen-bond donors (Lipinski definition) is 1. The molecule has 1 aliphatic rings. The Morgan fingerprint density at radius 3 is 2.63 bits per heavy atom. The third kappa shape index (κ3) is 3.94. The number of nitrogens with zero attached hydrogens (tertiary/aromatic N) is 2. The second-order valence-corrected chi connectivity index (χ2v) is 6.21. The molecule has 1 saturated heterocycles. The largest absolute Gasteiger partial charge is 0.389 e. The van der Waals surface area contributed by atoms with Gasteiger partial charge in [-0.15, -0.1) is 0 Å². The van der Waals surface area contributed by atoms with Crippen LogP contribution in [0.3, 0.4) is 0 Å². The lowest BCUT2D eigenvalue weighted by Gasteiger charge is -2.24. The van der Waals surface area contributed by atoms with Crippen LogP contribution in [0.4, 0.5) is 5.69 Å². The van der Waals surface area contributed by atoms with Crippen molar-refractivity contribution in [2.45, 2.75) is 25.9 Å². The Balaban J connectivity index is 1.94. The Morgan fingerprint density at radius 1 is 1.37 bits per heavy atom. The number of halogens is 1. The van der Waals surface area contributed by atoms with Crippen LogP contribution in [-0.4, -0.2) is 43.2 Å². The van der Waals surface area contributed by atoms with Crippen LogP contribution in [0, 0.1) is 0 Å². The zero-order valence-electron chi connectivity index (χ0n) is 11.8. The highest BCUT2D eigenvalue weighted by molar-refractivity contribution is 9.10. The first-order valence-corrected chi connectivity index (χ1v) is 7.78. The number of hydrogen-bond acceptors (Lipinski definition) is 3. The van der Waals surface area contributed by atoms with Gasteiger partial charge in [0.25, 0.3) is 0 Å². The molecule has 0 unspecified atom stereocenters. The Hall–Kier alpha value is -0.580. The molecule has 1 atom stereocenters. The minimum atomic E-state index is -0.432. The van der Waals surface area contributed by atoms with Crippen LogP contribution < -0.4 is 4.90 Å². The highest BCUT2D eigenvalue weighted by Crippen LogP contribution is 2.27. The maximum absolute atomic E-state index is 9.63. The van der Waals surface area contributed by atoms with E-state index in [2.05, 4.69) is 44.9 Å². The van der Waals surface area contributed by atoms with Crippen molar-refractivity contribution in [1.29, 1.82) is 0 Å². The van der Waals surface area contributed by atoms with Crippen molar-refractivity contribution in [2.75, 3.05) is 38.1 Å². The molecule has 0 spiro atoms. The van der Waals surface area contributed by atoms with Gasteiger partial charge in [-0.3, -0.25) is 0 Å². The summed E-state index contributed by atoms with van der Waals surface area (Å²) in [5.41, 5.74) is 2.13. The Labute approximate surface area is 124 Å². The zero-order valence-corrected chi connectivity index (χ0v) is 13.4. The average Bonchev–Trinajstić information content (AvgIpc) is 2.88. The molecule has 106 valence electrons. The maximum Gasteiger partial charge on any atom is 0.0772 e. The van der Waals surface area contributed by atoms with E-state index in [9.17, 15) is 5.11 Å². The smallest absolute Gasteiger partial charge is 0.0772 e. The lowest BCUT2D eigenvalue weighted by atomic mass is 10.1. The molecule has 1 N–H and O–H groups in total. The van der Waals surface area contributed by atoms with E-state index in [4.69, 9.17) is 0 Å². The monoisotopic (exact) mass is 326 g/mol. The van der Waals surface area contributed by atoms with E-state index < -0.39 is 6.10 Å². The predicted molar refractivity (Wildman–Crippen MR) is 83.7 cm³/mol. The summed E-state index contributed by atoms with van der Waals surface area (Å²) in [7, 11) is 2.12. The number of aliphatic hydroxyl groups excluding tert-OH is 1. The fourth-order valence-corrected chi connectivity index (χ4v) is 3.22. The number of aliphatic hydroxyl groups is 1. The van der Waals surface area contributed by atoms with Gasteiger partial charge in [-0.2, -0.15) is 0 Å². The molecule has 3 nitrogen and oxygen atoms in total. The van der Waals surface area contributed by atoms with Crippen LogP contribution in [0.5, 0.6) is 0 Å². The fourth-order valence-electron chi connectivity index (χ4n) is 2.52. The van der Waals surface area contributed by atoms with E-state index in [1.807, 2.05) is 6.07 Å². The zero-order chi connectivity index (χ0) is 13.8. The second kappa shape index (κ2) is 6.73. The van der Waals surface area contributed by atoms with Crippen LogP contribution in [0.15, 0.2) is 22.7 Å². The lowest BCUT2D eigenvalue weighted by molar-refractivity contribution is 0.198. The molecule has 0 aliphatic carbocycles. The van der Waals surface area contributed by atoms with Gasteiger partial charge in [0.15, 0.2) is 0 Å². The topological polar surface area (TPSA) is 26.7 Å². The van der Waals surface area contributed by atoms with Crippen LogP contribution in [0.2, 0.25) is 0 Å². The quantitative estimate of drug-likeness (QED) is 0.900. The van der Waals surface area contributed by atoms with Gasteiger partial charge in [0.05, 0.1) is 6.10 Å². The molecule has 4 heteroatoms. The minimum absolute atomic E-state index is 0.432. The molecule has 1 fully saturated rings. The van der Waals surface area contributed by atoms with Crippen LogP contribution in [-0.2, 0) is 0 Å². The Morgan fingerprint density at radius 2 is 2.05 bits per heavy atom. The van der Waals surface area contributed by atoms with Crippen molar-refractivity contribution in [1.82, 2.24) is 4.90 Å². The fraction of sp³-hybridized carbons (Fsp3) is 0.600. The van der Waals surface area contributed by atoms with Gasteiger partial charge in [0.1, 0.15) is 0 Å². The van der Waals surface area contributed by atoms with Gasteiger partial charge in [-0.05, 0) is 50.6 Å². The van der Waals surface area contributed by atoms with Crippen LogP contribution in [0.25, 0.3) is 0 Å². The van der Waals surface area contributed by atoms with Crippen LogP contribution >= 0.6 is 15.9 Å².